The van der Waals surface area contributed by atoms with Gasteiger partial charge in [-0.05, 0) is 36.4 Å². The first-order valence-corrected chi connectivity index (χ1v) is 10.8. The van der Waals surface area contributed by atoms with Crippen molar-refractivity contribution in [3.8, 4) is 5.75 Å². The van der Waals surface area contributed by atoms with E-state index in [1.54, 1.807) is 7.11 Å². The number of rotatable bonds is 7. The third-order valence-corrected chi connectivity index (χ3v) is 6.27. The Labute approximate surface area is 177 Å². The topological polar surface area (TPSA) is 37.2 Å². The Balaban J connectivity index is 1.32. The van der Waals surface area contributed by atoms with Crippen molar-refractivity contribution < 1.29 is 14.4 Å². The average molecular weight is 415 g/mol. The number of anilines is 1. The van der Waals surface area contributed by atoms with E-state index < -0.39 is 0 Å². The summed E-state index contributed by atoms with van der Waals surface area (Å²) in [6, 6.07) is 16.7. The highest BCUT2D eigenvalue weighted by atomic mass is 35.5. The van der Waals surface area contributed by atoms with Gasteiger partial charge in [0.05, 0.1) is 23.9 Å². The van der Waals surface area contributed by atoms with E-state index in [1.807, 2.05) is 41.3 Å². The van der Waals surface area contributed by atoms with Crippen molar-refractivity contribution in [3.05, 3.63) is 59.1 Å². The molecule has 6 heteroatoms. The molecule has 2 fully saturated rings. The summed E-state index contributed by atoms with van der Waals surface area (Å²) < 4.78 is 5.25. The molecule has 154 valence electrons. The zero-order valence-electron chi connectivity index (χ0n) is 16.9. The second-order valence-electron chi connectivity index (χ2n) is 7.95. The molecule has 0 aromatic heterocycles. The molecule has 1 atom stereocenters. The highest BCUT2D eigenvalue weighted by Gasteiger charge is 2.36. The maximum Gasteiger partial charge on any atom is 0.277 e. The van der Waals surface area contributed by atoms with Gasteiger partial charge in [0.15, 0.2) is 6.54 Å². The Morgan fingerprint density at radius 3 is 2.38 bits per heavy atom. The van der Waals surface area contributed by atoms with Crippen LogP contribution in [0.5, 0.6) is 5.75 Å². The van der Waals surface area contributed by atoms with Crippen LogP contribution in [0.3, 0.4) is 0 Å². The number of carbonyl (C=O) groups excluding carboxylic acids is 1. The van der Waals surface area contributed by atoms with E-state index in [-0.39, 0.29) is 5.91 Å². The number of nitrogens with zero attached hydrogens (tertiary/aromatic N) is 2. The standard InChI is InChI=1S/C23H28ClN3O2/c1-29-20-10-6-18(7-11-20)16-27(19-8-9-19)17-23(28)26-14-12-25(13-15-26)22-5-3-2-4-21(22)24/h2-7,10-11,19H,8-9,12-17H2,1H3/p+1. The van der Waals surface area contributed by atoms with Gasteiger partial charge in [-0.25, -0.2) is 0 Å². The van der Waals surface area contributed by atoms with Crippen molar-refractivity contribution in [3.63, 3.8) is 0 Å². The second-order valence-corrected chi connectivity index (χ2v) is 8.36. The fourth-order valence-corrected chi connectivity index (χ4v) is 4.31. The summed E-state index contributed by atoms with van der Waals surface area (Å²) >= 11 is 6.33. The lowest BCUT2D eigenvalue weighted by Gasteiger charge is -2.36. The lowest BCUT2D eigenvalue weighted by Crippen LogP contribution is -3.13. The first-order chi connectivity index (χ1) is 14.1. The van der Waals surface area contributed by atoms with E-state index >= 15 is 0 Å². The van der Waals surface area contributed by atoms with Gasteiger partial charge >= 0.3 is 0 Å². The maximum absolute atomic E-state index is 13.0. The van der Waals surface area contributed by atoms with Crippen LogP contribution in [0.4, 0.5) is 5.69 Å². The number of carbonyl (C=O) groups is 1. The molecule has 1 unspecified atom stereocenters. The summed E-state index contributed by atoms with van der Waals surface area (Å²) in [6.45, 7) is 4.62. The van der Waals surface area contributed by atoms with Crippen LogP contribution < -0.4 is 14.5 Å². The van der Waals surface area contributed by atoms with Crippen LogP contribution in [-0.2, 0) is 11.3 Å². The Morgan fingerprint density at radius 1 is 1.07 bits per heavy atom. The number of ether oxygens (including phenoxy) is 1. The highest BCUT2D eigenvalue weighted by Crippen LogP contribution is 2.26. The van der Waals surface area contributed by atoms with Crippen LogP contribution in [0.15, 0.2) is 48.5 Å². The Kier molecular flexibility index (Phi) is 6.26. The minimum absolute atomic E-state index is 0.263. The number of methoxy groups -OCH3 is 1. The molecule has 1 saturated heterocycles. The monoisotopic (exact) mass is 414 g/mol. The summed E-state index contributed by atoms with van der Waals surface area (Å²) in [7, 11) is 1.68. The number of quaternary nitrogens is 1. The maximum atomic E-state index is 13.0. The molecule has 1 amide bonds. The first kappa shape index (κ1) is 20.0. The van der Waals surface area contributed by atoms with Crippen molar-refractivity contribution in [1.29, 1.82) is 0 Å². The molecule has 2 aliphatic rings. The van der Waals surface area contributed by atoms with Crippen LogP contribution in [0, 0.1) is 0 Å². The van der Waals surface area contributed by atoms with E-state index in [9.17, 15) is 4.79 Å². The summed E-state index contributed by atoms with van der Waals surface area (Å²) in [5.41, 5.74) is 2.31. The zero-order chi connectivity index (χ0) is 20.2. The average Bonchev–Trinajstić information content (AvgIpc) is 3.60. The van der Waals surface area contributed by atoms with E-state index in [4.69, 9.17) is 16.3 Å². The molecule has 5 nitrogen and oxygen atoms in total. The minimum Gasteiger partial charge on any atom is -0.497 e. The Hall–Kier alpha value is -2.24. The lowest BCUT2D eigenvalue weighted by molar-refractivity contribution is -0.917. The highest BCUT2D eigenvalue weighted by molar-refractivity contribution is 6.33. The van der Waals surface area contributed by atoms with Crippen LogP contribution in [0.1, 0.15) is 18.4 Å². The van der Waals surface area contributed by atoms with Crippen molar-refractivity contribution in [1.82, 2.24) is 4.90 Å². The van der Waals surface area contributed by atoms with E-state index in [0.717, 1.165) is 49.2 Å². The molecule has 1 aliphatic heterocycles. The van der Waals surface area contributed by atoms with Crippen LogP contribution in [0.2, 0.25) is 5.02 Å². The first-order valence-electron chi connectivity index (χ1n) is 10.4. The number of benzene rings is 2. The molecule has 1 aliphatic carbocycles. The van der Waals surface area contributed by atoms with Crippen molar-refractivity contribution in [2.45, 2.75) is 25.4 Å². The molecule has 0 radical (unpaired) electrons. The number of amides is 1. The second kappa shape index (κ2) is 9.06. The molecule has 1 heterocycles. The molecule has 29 heavy (non-hydrogen) atoms. The number of halogens is 1. The fraction of sp³-hybridized carbons (Fsp3) is 0.435. The zero-order valence-corrected chi connectivity index (χ0v) is 17.7. The van der Waals surface area contributed by atoms with E-state index in [1.165, 1.54) is 23.3 Å². The summed E-state index contributed by atoms with van der Waals surface area (Å²) in [5.74, 6) is 1.13. The predicted molar refractivity (Wildman–Crippen MR) is 116 cm³/mol. The Morgan fingerprint density at radius 2 is 1.76 bits per heavy atom. The third-order valence-electron chi connectivity index (χ3n) is 5.95. The molecule has 2 aromatic carbocycles. The predicted octanol–water partition coefficient (Wildman–Crippen LogP) is 2.24. The molecule has 2 aromatic rings. The fourth-order valence-electron chi connectivity index (χ4n) is 4.06. The van der Waals surface area contributed by atoms with Gasteiger partial charge in [0.25, 0.3) is 5.91 Å². The van der Waals surface area contributed by atoms with Gasteiger partial charge in [-0.1, -0.05) is 23.7 Å². The van der Waals surface area contributed by atoms with Gasteiger partial charge in [-0.3, -0.25) is 4.79 Å². The normalized spacial score (nSPS) is 17.9. The van der Waals surface area contributed by atoms with Gasteiger partial charge in [0.1, 0.15) is 12.3 Å². The molecule has 0 bridgehead atoms. The molecule has 1 N–H and O–H groups in total. The van der Waals surface area contributed by atoms with Crippen molar-refractivity contribution in [2.24, 2.45) is 0 Å². The molecule has 4 rings (SSSR count). The van der Waals surface area contributed by atoms with Gasteiger partial charge in [0, 0.05) is 44.6 Å². The van der Waals surface area contributed by atoms with Gasteiger partial charge < -0.3 is 19.4 Å². The molecular weight excluding hydrogens is 386 g/mol. The number of hydrogen-bond acceptors (Lipinski definition) is 3. The Bertz CT molecular complexity index is 830. The summed E-state index contributed by atoms with van der Waals surface area (Å²) in [5, 5.41) is 0.774. The van der Waals surface area contributed by atoms with Crippen LogP contribution in [-0.4, -0.2) is 56.7 Å². The van der Waals surface area contributed by atoms with Gasteiger partial charge in [0.2, 0.25) is 0 Å². The van der Waals surface area contributed by atoms with Crippen LogP contribution in [0.25, 0.3) is 0 Å². The van der Waals surface area contributed by atoms with Crippen molar-refractivity contribution in [2.75, 3.05) is 44.7 Å². The van der Waals surface area contributed by atoms with Gasteiger partial charge in [-0.2, -0.15) is 0 Å². The summed E-state index contributed by atoms with van der Waals surface area (Å²) in [6.07, 6.45) is 2.44. The van der Waals surface area contributed by atoms with Gasteiger partial charge in [-0.15, -0.1) is 0 Å². The lowest BCUT2D eigenvalue weighted by atomic mass is 10.2. The minimum atomic E-state index is 0.263. The smallest absolute Gasteiger partial charge is 0.277 e. The van der Waals surface area contributed by atoms with E-state index in [2.05, 4.69) is 17.0 Å². The quantitative estimate of drug-likeness (QED) is 0.755. The molecule has 1 saturated carbocycles. The number of piperazine rings is 1. The third kappa shape index (κ3) is 5.03. The van der Waals surface area contributed by atoms with E-state index in [0.29, 0.717) is 12.6 Å². The van der Waals surface area contributed by atoms with Crippen molar-refractivity contribution >= 4 is 23.2 Å². The summed E-state index contributed by atoms with van der Waals surface area (Å²) in [4.78, 5) is 18.7. The van der Waals surface area contributed by atoms with Crippen LogP contribution >= 0.6 is 11.6 Å². The molecule has 0 spiro atoms. The number of nitrogens with one attached hydrogen (secondary N) is 1. The largest absolute Gasteiger partial charge is 0.497 e. The SMILES string of the molecule is COc1ccc(C[NH+](CC(=O)N2CCN(c3ccccc3Cl)CC2)C2CC2)cc1. The number of para-hydroxylation sites is 1. The molecular formula is C23H29ClN3O2+. The number of hydrogen-bond donors (Lipinski definition) is 1.